The molecular formula is C13H18N2O3. The van der Waals surface area contributed by atoms with E-state index in [0.717, 1.165) is 17.7 Å². The number of hydrogen-bond donors (Lipinski definition) is 2. The van der Waals surface area contributed by atoms with Gasteiger partial charge in [0.15, 0.2) is 0 Å². The molecule has 2 rings (SSSR count). The molecule has 0 aromatic heterocycles. The summed E-state index contributed by atoms with van der Waals surface area (Å²) in [7, 11) is 0. The summed E-state index contributed by atoms with van der Waals surface area (Å²) in [6.45, 7) is 1.86. The van der Waals surface area contributed by atoms with Gasteiger partial charge in [0.05, 0.1) is 12.7 Å². The highest BCUT2D eigenvalue weighted by Gasteiger charge is 2.17. The van der Waals surface area contributed by atoms with Gasteiger partial charge in [0.1, 0.15) is 6.61 Å². The highest BCUT2D eigenvalue weighted by molar-refractivity contribution is 5.91. The lowest BCUT2D eigenvalue weighted by atomic mass is 10.2. The van der Waals surface area contributed by atoms with Gasteiger partial charge in [0.25, 0.3) is 0 Å². The summed E-state index contributed by atoms with van der Waals surface area (Å²) in [6, 6.07) is 7.44. The van der Waals surface area contributed by atoms with Crippen LogP contribution in [0.2, 0.25) is 0 Å². The fraction of sp³-hybridized carbons (Fsp3) is 0.462. The molecule has 1 aliphatic rings. The molecule has 1 aliphatic heterocycles. The Bertz CT molecular complexity index is 386. The molecule has 5 nitrogen and oxygen atoms in total. The first-order valence-electron chi connectivity index (χ1n) is 6.06. The fourth-order valence-corrected chi connectivity index (χ4v) is 1.76. The molecule has 0 saturated carbocycles. The Morgan fingerprint density at radius 2 is 2.22 bits per heavy atom. The summed E-state index contributed by atoms with van der Waals surface area (Å²) in [5.41, 5.74) is 7.29. The largest absolute Gasteiger partial charge is 0.379 e. The highest BCUT2D eigenvalue weighted by Crippen LogP contribution is 2.10. The normalized spacial score (nSPS) is 18.8. The van der Waals surface area contributed by atoms with E-state index in [9.17, 15) is 4.79 Å². The van der Waals surface area contributed by atoms with Crippen molar-refractivity contribution in [1.29, 1.82) is 0 Å². The van der Waals surface area contributed by atoms with Crippen molar-refractivity contribution in [3.05, 3.63) is 29.8 Å². The van der Waals surface area contributed by atoms with Crippen LogP contribution in [0.15, 0.2) is 24.3 Å². The van der Waals surface area contributed by atoms with E-state index in [-0.39, 0.29) is 18.6 Å². The third-order valence-electron chi connectivity index (χ3n) is 2.81. The topological polar surface area (TPSA) is 73.6 Å². The van der Waals surface area contributed by atoms with Crippen molar-refractivity contribution in [2.24, 2.45) is 5.73 Å². The molecule has 5 heteroatoms. The molecule has 98 valence electrons. The van der Waals surface area contributed by atoms with Crippen LogP contribution >= 0.6 is 0 Å². The van der Waals surface area contributed by atoms with Crippen LogP contribution in [0.4, 0.5) is 5.69 Å². The Hall–Kier alpha value is -1.43. The van der Waals surface area contributed by atoms with Crippen molar-refractivity contribution in [2.75, 3.05) is 25.1 Å². The molecule has 0 bridgehead atoms. The number of carbonyl (C=O) groups is 1. The first-order chi connectivity index (χ1) is 8.78. The molecule has 1 aromatic rings. The van der Waals surface area contributed by atoms with E-state index in [2.05, 4.69) is 5.32 Å². The second-order valence-electron chi connectivity index (χ2n) is 4.25. The van der Waals surface area contributed by atoms with Gasteiger partial charge in [-0.3, -0.25) is 4.79 Å². The van der Waals surface area contributed by atoms with Crippen LogP contribution in [0.3, 0.4) is 0 Å². The highest BCUT2D eigenvalue weighted by atomic mass is 16.5. The predicted octanol–water partition coefficient (Wildman–Crippen LogP) is 0.889. The Morgan fingerprint density at radius 1 is 1.44 bits per heavy atom. The fourth-order valence-electron chi connectivity index (χ4n) is 1.76. The minimum absolute atomic E-state index is 0.0513. The number of ether oxygens (including phenoxy) is 2. The summed E-state index contributed by atoms with van der Waals surface area (Å²) in [5, 5.41) is 2.77. The third-order valence-corrected chi connectivity index (χ3v) is 2.81. The second-order valence-corrected chi connectivity index (χ2v) is 4.25. The van der Waals surface area contributed by atoms with Crippen LogP contribution in [-0.2, 0) is 20.8 Å². The maximum absolute atomic E-state index is 11.6. The monoisotopic (exact) mass is 250 g/mol. The lowest BCUT2D eigenvalue weighted by molar-refractivity contribution is -0.122. The Labute approximate surface area is 106 Å². The van der Waals surface area contributed by atoms with Crippen molar-refractivity contribution < 1.29 is 14.3 Å². The van der Waals surface area contributed by atoms with E-state index >= 15 is 0 Å². The summed E-state index contributed by atoms with van der Waals surface area (Å²) in [4.78, 5) is 11.6. The summed E-state index contributed by atoms with van der Waals surface area (Å²) < 4.78 is 10.6. The van der Waals surface area contributed by atoms with Crippen LogP contribution in [0.25, 0.3) is 0 Å². The lowest BCUT2D eigenvalue weighted by Crippen LogP contribution is -2.23. The van der Waals surface area contributed by atoms with Crippen LogP contribution in [0.1, 0.15) is 12.0 Å². The standard InChI is InChI=1S/C13H18N2O3/c14-7-10-1-3-11(4-2-10)15-13(16)9-18-12-5-6-17-8-12/h1-4,12H,5-9,14H2,(H,15,16). The Balaban J connectivity index is 1.75. The second kappa shape index (κ2) is 6.49. The number of nitrogens with one attached hydrogen (secondary N) is 1. The molecule has 0 aliphatic carbocycles. The van der Waals surface area contributed by atoms with Crippen molar-refractivity contribution in [1.82, 2.24) is 0 Å². The first-order valence-corrected chi connectivity index (χ1v) is 6.06. The van der Waals surface area contributed by atoms with Gasteiger partial charge in [-0.2, -0.15) is 0 Å². The minimum atomic E-state index is -0.151. The number of carbonyl (C=O) groups excluding carboxylic acids is 1. The van der Waals surface area contributed by atoms with Crippen molar-refractivity contribution in [3.8, 4) is 0 Å². The van der Waals surface area contributed by atoms with Crippen LogP contribution in [0, 0.1) is 0 Å². The molecule has 1 saturated heterocycles. The van der Waals surface area contributed by atoms with E-state index in [1.54, 1.807) is 0 Å². The molecule has 1 atom stereocenters. The smallest absolute Gasteiger partial charge is 0.250 e. The Kier molecular flexibility index (Phi) is 4.69. The van der Waals surface area contributed by atoms with Crippen LogP contribution in [0.5, 0.6) is 0 Å². The van der Waals surface area contributed by atoms with E-state index in [1.807, 2.05) is 24.3 Å². The average Bonchev–Trinajstić information content (AvgIpc) is 2.90. The SMILES string of the molecule is NCc1ccc(NC(=O)COC2CCOC2)cc1. The van der Waals surface area contributed by atoms with Gasteiger partial charge in [0, 0.05) is 18.8 Å². The van der Waals surface area contributed by atoms with Gasteiger partial charge in [0.2, 0.25) is 5.91 Å². The molecule has 1 aromatic carbocycles. The lowest BCUT2D eigenvalue weighted by Gasteiger charge is -2.10. The molecular weight excluding hydrogens is 232 g/mol. The number of anilines is 1. The molecule has 0 spiro atoms. The summed E-state index contributed by atoms with van der Waals surface area (Å²) in [5.74, 6) is -0.151. The van der Waals surface area contributed by atoms with Gasteiger partial charge < -0.3 is 20.5 Å². The molecule has 1 amide bonds. The average molecular weight is 250 g/mol. The number of rotatable bonds is 5. The quantitative estimate of drug-likeness (QED) is 0.814. The zero-order valence-electron chi connectivity index (χ0n) is 10.2. The zero-order valence-corrected chi connectivity index (χ0v) is 10.2. The van der Waals surface area contributed by atoms with Crippen LogP contribution < -0.4 is 11.1 Å². The molecule has 1 heterocycles. The molecule has 1 fully saturated rings. The van der Waals surface area contributed by atoms with Gasteiger partial charge in [-0.15, -0.1) is 0 Å². The number of nitrogens with two attached hydrogens (primary N) is 1. The van der Waals surface area contributed by atoms with Crippen LogP contribution in [-0.4, -0.2) is 31.8 Å². The van der Waals surface area contributed by atoms with Gasteiger partial charge in [-0.25, -0.2) is 0 Å². The van der Waals surface area contributed by atoms with E-state index in [1.165, 1.54) is 0 Å². The minimum Gasteiger partial charge on any atom is -0.379 e. The van der Waals surface area contributed by atoms with Crippen molar-refractivity contribution >= 4 is 11.6 Å². The van der Waals surface area contributed by atoms with Gasteiger partial charge >= 0.3 is 0 Å². The molecule has 18 heavy (non-hydrogen) atoms. The number of benzene rings is 1. The maximum atomic E-state index is 11.6. The molecule has 0 radical (unpaired) electrons. The zero-order chi connectivity index (χ0) is 12.8. The summed E-state index contributed by atoms with van der Waals surface area (Å²) in [6.07, 6.45) is 0.911. The van der Waals surface area contributed by atoms with E-state index < -0.39 is 0 Å². The van der Waals surface area contributed by atoms with Gasteiger partial charge in [-0.1, -0.05) is 12.1 Å². The first kappa shape index (κ1) is 13.0. The predicted molar refractivity (Wildman–Crippen MR) is 68.1 cm³/mol. The summed E-state index contributed by atoms with van der Waals surface area (Å²) >= 11 is 0. The van der Waals surface area contributed by atoms with Gasteiger partial charge in [-0.05, 0) is 24.1 Å². The molecule has 1 unspecified atom stereocenters. The third kappa shape index (κ3) is 3.80. The van der Waals surface area contributed by atoms with Crippen molar-refractivity contribution in [2.45, 2.75) is 19.1 Å². The van der Waals surface area contributed by atoms with Crippen molar-refractivity contribution in [3.63, 3.8) is 0 Å². The van der Waals surface area contributed by atoms with E-state index in [4.69, 9.17) is 15.2 Å². The number of amides is 1. The Morgan fingerprint density at radius 3 is 2.83 bits per heavy atom. The number of hydrogen-bond acceptors (Lipinski definition) is 4. The van der Waals surface area contributed by atoms with E-state index in [0.29, 0.717) is 19.8 Å². The maximum Gasteiger partial charge on any atom is 0.250 e. The molecule has 3 N–H and O–H groups in total.